The maximum absolute atomic E-state index is 12.3. The highest BCUT2D eigenvalue weighted by Gasteiger charge is 2.22. The lowest BCUT2D eigenvalue weighted by molar-refractivity contribution is -0.123. The molecule has 0 aromatic heterocycles. The molecular weight excluding hydrogens is 372 g/mol. The molecule has 8 nitrogen and oxygen atoms in total. The number of esters is 1. The number of hydrogen-bond acceptors (Lipinski definition) is 6. The molecule has 144 valence electrons. The molecule has 0 aliphatic carbocycles. The maximum Gasteiger partial charge on any atom is 0.339 e. The second-order valence-corrected chi connectivity index (χ2v) is 7.35. The molecule has 0 fully saturated rings. The number of nitrogens with one attached hydrogen (secondary N) is 1. The summed E-state index contributed by atoms with van der Waals surface area (Å²) in [6.07, 6.45) is -1.10. The van der Waals surface area contributed by atoms with E-state index >= 15 is 0 Å². The molecule has 27 heavy (non-hydrogen) atoms. The first-order chi connectivity index (χ1) is 12.6. The molecule has 0 saturated heterocycles. The SMILES string of the molecule is COc1ccc(NC(=O)C(C)OC(=O)c2cc(S(N)(=O)=O)ccc2C)cc1. The van der Waals surface area contributed by atoms with Crippen LogP contribution in [0.15, 0.2) is 47.4 Å². The average Bonchev–Trinajstić information content (AvgIpc) is 2.61. The highest BCUT2D eigenvalue weighted by Crippen LogP contribution is 2.18. The van der Waals surface area contributed by atoms with Gasteiger partial charge in [0.05, 0.1) is 17.6 Å². The van der Waals surface area contributed by atoms with Gasteiger partial charge >= 0.3 is 5.97 Å². The Morgan fingerprint density at radius 3 is 2.30 bits per heavy atom. The smallest absolute Gasteiger partial charge is 0.339 e. The van der Waals surface area contributed by atoms with Gasteiger partial charge in [-0.1, -0.05) is 6.07 Å². The van der Waals surface area contributed by atoms with Crippen LogP contribution in [0.2, 0.25) is 0 Å². The molecule has 0 radical (unpaired) electrons. The summed E-state index contributed by atoms with van der Waals surface area (Å²) >= 11 is 0. The Bertz CT molecular complexity index is 954. The van der Waals surface area contributed by atoms with E-state index < -0.39 is 28.0 Å². The lowest BCUT2D eigenvalue weighted by Crippen LogP contribution is -2.30. The van der Waals surface area contributed by atoms with Gasteiger partial charge in [0.2, 0.25) is 10.0 Å². The summed E-state index contributed by atoms with van der Waals surface area (Å²) in [5.74, 6) is -0.721. The van der Waals surface area contributed by atoms with Crippen molar-refractivity contribution in [3.63, 3.8) is 0 Å². The summed E-state index contributed by atoms with van der Waals surface area (Å²) in [6, 6.07) is 10.5. The quantitative estimate of drug-likeness (QED) is 0.723. The van der Waals surface area contributed by atoms with Crippen molar-refractivity contribution >= 4 is 27.6 Å². The first-order valence-corrected chi connectivity index (χ1v) is 9.46. The normalized spacial score (nSPS) is 12.1. The Hall–Kier alpha value is -2.91. The van der Waals surface area contributed by atoms with Crippen LogP contribution in [0.5, 0.6) is 5.75 Å². The molecule has 2 aromatic rings. The van der Waals surface area contributed by atoms with Gasteiger partial charge in [0.25, 0.3) is 5.91 Å². The van der Waals surface area contributed by atoms with E-state index in [0.29, 0.717) is 17.0 Å². The predicted molar refractivity (Wildman–Crippen MR) is 99.1 cm³/mol. The molecule has 0 bridgehead atoms. The molecule has 1 atom stereocenters. The molecule has 0 saturated carbocycles. The lowest BCUT2D eigenvalue weighted by atomic mass is 10.1. The van der Waals surface area contributed by atoms with Gasteiger partial charge in [-0.2, -0.15) is 0 Å². The molecule has 0 aliphatic rings. The number of hydrogen-bond donors (Lipinski definition) is 2. The summed E-state index contributed by atoms with van der Waals surface area (Å²) in [6.45, 7) is 3.03. The van der Waals surface area contributed by atoms with E-state index in [0.717, 1.165) is 6.07 Å². The predicted octanol–water partition coefficient (Wildman–Crippen LogP) is 1.84. The van der Waals surface area contributed by atoms with Crippen molar-refractivity contribution in [3.05, 3.63) is 53.6 Å². The monoisotopic (exact) mass is 392 g/mol. The fourth-order valence-electron chi connectivity index (χ4n) is 2.19. The highest BCUT2D eigenvalue weighted by atomic mass is 32.2. The van der Waals surface area contributed by atoms with Gasteiger partial charge in [-0.3, -0.25) is 4.79 Å². The van der Waals surface area contributed by atoms with Gasteiger partial charge in [0.1, 0.15) is 5.75 Å². The van der Waals surface area contributed by atoms with Crippen molar-refractivity contribution in [2.24, 2.45) is 5.14 Å². The molecule has 9 heteroatoms. The third-order valence-corrected chi connectivity index (χ3v) is 4.68. The number of methoxy groups -OCH3 is 1. The van der Waals surface area contributed by atoms with Crippen LogP contribution in [0, 0.1) is 6.92 Å². The standard InChI is InChI=1S/C18H20N2O6S/c1-11-4-9-15(27(19,23)24)10-16(11)18(22)26-12(2)17(21)20-13-5-7-14(25-3)8-6-13/h4-10,12H,1-3H3,(H,20,21)(H2,19,23,24). The van der Waals surface area contributed by atoms with Crippen molar-refractivity contribution in [3.8, 4) is 5.75 Å². The number of benzene rings is 2. The van der Waals surface area contributed by atoms with Gasteiger partial charge in [-0.15, -0.1) is 0 Å². The zero-order valence-corrected chi connectivity index (χ0v) is 15.9. The van der Waals surface area contributed by atoms with Crippen molar-refractivity contribution in [2.45, 2.75) is 24.8 Å². The number of carbonyl (C=O) groups is 2. The highest BCUT2D eigenvalue weighted by molar-refractivity contribution is 7.89. The van der Waals surface area contributed by atoms with Crippen LogP contribution in [-0.2, 0) is 19.6 Å². The number of ether oxygens (including phenoxy) is 2. The third kappa shape index (κ3) is 5.28. The van der Waals surface area contributed by atoms with E-state index in [1.807, 2.05) is 0 Å². The number of aryl methyl sites for hydroxylation is 1. The number of primary sulfonamides is 1. The van der Waals surface area contributed by atoms with Gasteiger partial charge in [-0.25, -0.2) is 18.4 Å². The minimum Gasteiger partial charge on any atom is -0.497 e. The summed E-state index contributed by atoms with van der Waals surface area (Å²) in [4.78, 5) is 24.3. The molecule has 1 unspecified atom stereocenters. The van der Waals surface area contributed by atoms with Crippen LogP contribution in [-0.4, -0.2) is 33.5 Å². The van der Waals surface area contributed by atoms with Crippen molar-refractivity contribution in [1.29, 1.82) is 0 Å². The number of carbonyl (C=O) groups excluding carboxylic acids is 2. The first-order valence-electron chi connectivity index (χ1n) is 7.91. The largest absolute Gasteiger partial charge is 0.497 e. The zero-order valence-electron chi connectivity index (χ0n) is 15.1. The molecule has 0 spiro atoms. The van der Waals surface area contributed by atoms with E-state index in [1.165, 1.54) is 26.2 Å². The Kier molecular flexibility index (Phi) is 6.19. The summed E-state index contributed by atoms with van der Waals surface area (Å²) in [7, 11) is -2.43. The van der Waals surface area contributed by atoms with E-state index in [2.05, 4.69) is 5.32 Å². The zero-order chi connectivity index (χ0) is 20.2. The van der Waals surface area contributed by atoms with Gasteiger partial charge in [0.15, 0.2) is 6.10 Å². The van der Waals surface area contributed by atoms with Crippen molar-refractivity contribution in [1.82, 2.24) is 0 Å². The first kappa shape index (κ1) is 20.4. The van der Waals surface area contributed by atoms with Crippen LogP contribution in [0.25, 0.3) is 0 Å². The van der Waals surface area contributed by atoms with Crippen LogP contribution in [0.3, 0.4) is 0 Å². The van der Waals surface area contributed by atoms with Gasteiger partial charge in [0, 0.05) is 5.69 Å². The topological polar surface area (TPSA) is 125 Å². The van der Waals surface area contributed by atoms with Gasteiger partial charge in [-0.05, 0) is 55.8 Å². The average molecular weight is 392 g/mol. The van der Waals surface area contributed by atoms with Crippen molar-refractivity contribution in [2.75, 3.05) is 12.4 Å². The van der Waals surface area contributed by atoms with Crippen LogP contribution < -0.4 is 15.2 Å². The second-order valence-electron chi connectivity index (χ2n) is 5.79. The molecular formula is C18H20N2O6S. The maximum atomic E-state index is 12.3. The van der Waals surface area contributed by atoms with E-state index in [-0.39, 0.29) is 10.5 Å². The fourth-order valence-corrected chi connectivity index (χ4v) is 2.73. The molecule has 3 N–H and O–H groups in total. The van der Waals surface area contributed by atoms with E-state index in [9.17, 15) is 18.0 Å². The third-order valence-electron chi connectivity index (χ3n) is 3.77. The minimum atomic E-state index is -3.96. The van der Waals surface area contributed by atoms with Gasteiger partial charge < -0.3 is 14.8 Å². The molecule has 2 rings (SSSR count). The molecule has 1 amide bonds. The number of rotatable bonds is 6. The van der Waals surface area contributed by atoms with Crippen molar-refractivity contribution < 1.29 is 27.5 Å². The van der Waals surface area contributed by atoms with Crippen LogP contribution in [0.1, 0.15) is 22.8 Å². The van der Waals surface area contributed by atoms with E-state index in [4.69, 9.17) is 14.6 Å². The number of amides is 1. The fraction of sp³-hybridized carbons (Fsp3) is 0.222. The second kappa shape index (κ2) is 8.19. The molecule has 0 aliphatic heterocycles. The van der Waals surface area contributed by atoms with Crippen LogP contribution >= 0.6 is 0 Å². The Labute approximate surface area is 157 Å². The molecule has 0 heterocycles. The summed E-state index contributed by atoms with van der Waals surface area (Å²) < 4.78 is 33.1. The Balaban J connectivity index is 2.09. The van der Waals surface area contributed by atoms with E-state index in [1.54, 1.807) is 31.2 Å². The molecule has 2 aromatic carbocycles. The summed E-state index contributed by atoms with van der Waals surface area (Å²) in [5, 5.41) is 7.69. The lowest BCUT2D eigenvalue weighted by Gasteiger charge is -2.15. The number of anilines is 1. The number of sulfonamides is 1. The minimum absolute atomic E-state index is 0.0191. The van der Waals surface area contributed by atoms with Crippen LogP contribution in [0.4, 0.5) is 5.69 Å². The summed E-state index contributed by atoms with van der Waals surface area (Å²) in [5.41, 5.74) is 1.02. The number of nitrogens with two attached hydrogens (primary N) is 1. The Morgan fingerprint density at radius 2 is 1.74 bits per heavy atom. The Morgan fingerprint density at radius 1 is 1.11 bits per heavy atom.